The lowest BCUT2D eigenvalue weighted by atomic mass is 9.76. The van der Waals surface area contributed by atoms with Crippen molar-refractivity contribution in [3.05, 3.63) is 75.3 Å². The second kappa shape index (κ2) is 5.94. The van der Waals surface area contributed by atoms with Gasteiger partial charge in [-0.25, -0.2) is 0 Å². The number of allylic oxidation sites excluding steroid dienone is 2. The number of nitrogens with one attached hydrogen (secondary N) is 1. The summed E-state index contributed by atoms with van der Waals surface area (Å²) in [6.45, 7) is 1.61. The molecule has 2 nitrogen and oxygen atoms in total. The van der Waals surface area contributed by atoms with E-state index in [2.05, 4.69) is 17.5 Å². The Bertz CT molecular complexity index is 859. The Morgan fingerprint density at radius 2 is 1.96 bits per heavy atom. The van der Waals surface area contributed by atoms with Gasteiger partial charge in [-0.05, 0) is 60.7 Å². The van der Waals surface area contributed by atoms with E-state index in [1.165, 1.54) is 5.56 Å². The summed E-state index contributed by atoms with van der Waals surface area (Å²) in [5.74, 6) is 0.787. The van der Waals surface area contributed by atoms with Crippen molar-refractivity contribution in [2.24, 2.45) is 5.92 Å². The lowest BCUT2D eigenvalue weighted by molar-refractivity contribution is 0.101. The van der Waals surface area contributed by atoms with Gasteiger partial charge in [0, 0.05) is 27.2 Å². The lowest BCUT2D eigenvalue weighted by Gasteiger charge is -2.38. The molecule has 0 spiro atoms. The van der Waals surface area contributed by atoms with E-state index in [1.54, 1.807) is 13.0 Å². The quantitative estimate of drug-likeness (QED) is 0.525. The van der Waals surface area contributed by atoms with Crippen molar-refractivity contribution in [2.75, 3.05) is 5.32 Å². The molecule has 3 atom stereocenters. The van der Waals surface area contributed by atoms with Gasteiger partial charge in [-0.2, -0.15) is 0 Å². The monoisotopic (exact) mass is 357 g/mol. The minimum Gasteiger partial charge on any atom is -0.378 e. The van der Waals surface area contributed by atoms with Crippen LogP contribution in [0.5, 0.6) is 0 Å². The Hall–Kier alpha value is -1.77. The van der Waals surface area contributed by atoms with Gasteiger partial charge < -0.3 is 5.32 Å². The number of benzene rings is 2. The van der Waals surface area contributed by atoms with E-state index in [0.717, 1.165) is 23.2 Å². The normalized spacial score (nSPS) is 24.2. The highest BCUT2D eigenvalue weighted by molar-refractivity contribution is 6.35. The van der Waals surface area contributed by atoms with Crippen molar-refractivity contribution in [1.82, 2.24) is 0 Å². The molecule has 4 rings (SSSR count). The van der Waals surface area contributed by atoms with Gasteiger partial charge in [-0.1, -0.05) is 41.4 Å². The van der Waals surface area contributed by atoms with E-state index >= 15 is 0 Å². The second-order valence-corrected chi connectivity index (χ2v) is 7.34. The Morgan fingerprint density at radius 3 is 2.71 bits per heavy atom. The minimum absolute atomic E-state index is 0.0965. The maximum Gasteiger partial charge on any atom is 0.159 e. The smallest absolute Gasteiger partial charge is 0.159 e. The Labute approximate surface area is 151 Å². The van der Waals surface area contributed by atoms with Crippen LogP contribution in [0.2, 0.25) is 10.0 Å². The molecule has 2 aromatic carbocycles. The molecular formula is C20H17Cl2NO. The van der Waals surface area contributed by atoms with Crippen molar-refractivity contribution in [1.29, 1.82) is 0 Å². The molecule has 0 radical (unpaired) electrons. The standard InChI is InChI=1S/C20H17Cl2NO/c1-11(24)12-5-8-19-17(9-12)14-3-2-4-15(14)20(23-19)16-7-6-13(21)10-18(16)22/h2-3,5-10,14-15,20,23H,4H2,1H3/t14-,15+,20+/m0/s1. The summed E-state index contributed by atoms with van der Waals surface area (Å²) in [5.41, 5.74) is 4.10. The first-order valence-corrected chi connectivity index (χ1v) is 8.83. The van der Waals surface area contributed by atoms with E-state index in [0.29, 0.717) is 21.9 Å². The van der Waals surface area contributed by atoms with Crippen molar-refractivity contribution in [2.45, 2.75) is 25.3 Å². The van der Waals surface area contributed by atoms with E-state index in [9.17, 15) is 4.79 Å². The van der Waals surface area contributed by atoms with Gasteiger partial charge in [0.2, 0.25) is 0 Å². The Morgan fingerprint density at radius 1 is 1.12 bits per heavy atom. The number of carbonyl (C=O) groups excluding carboxylic acids is 1. The van der Waals surface area contributed by atoms with Gasteiger partial charge in [0.15, 0.2) is 5.78 Å². The third-order valence-corrected chi connectivity index (χ3v) is 5.63. The number of hydrogen-bond donors (Lipinski definition) is 1. The maximum absolute atomic E-state index is 11.7. The molecule has 24 heavy (non-hydrogen) atoms. The van der Waals surface area contributed by atoms with Gasteiger partial charge in [-0.15, -0.1) is 0 Å². The van der Waals surface area contributed by atoms with Crippen LogP contribution in [-0.4, -0.2) is 5.78 Å². The van der Waals surface area contributed by atoms with Crippen LogP contribution < -0.4 is 5.32 Å². The van der Waals surface area contributed by atoms with Crippen molar-refractivity contribution in [3.63, 3.8) is 0 Å². The lowest BCUT2D eigenvalue weighted by Crippen LogP contribution is -2.29. The molecule has 1 aliphatic carbocycles. The third kappa shape index (κ3) is 2.54. The Balaban J connectivity index is 1.79. The molecule has 0 aromatic heterocycles. The topological polar surface area (TPSA) is 29.1 Å². The summed E-state index contributed by atoms with van der Waals surface area (Å²) in [4.78, 5) is 11.7. The van der Waals surface area contributed by atoms with Crippen molar-refractivity contribution in [3.8, 4) is 0 Å². The molecule has 0 saturated heterocycles. The predicted molar refractivity (Wildman–Crippen MR) is 99.3 cm³/mol. The van der Waals surface area contributed by atoms with Gasteiger partial charge in [0.25, 0.3) is 0 Å². The van der Waals surface area contributed by atoms with Gasteiger partial charge in [0.05, 0.1) is 6.04 Å². The number of carbonyl (C=O) groups is 1. The fourth-order valence-corrected chi connectivity index (χ4v) is 4.40. The van der Waals surface area contributed by atoms with Crippen LogP contribution in [-0.2, 0) is 0 Å². The molecule has 2 aliphatic rings. The number of rotatable bonds is 2. The third-order valence-electron chi connectivity index (χ3n) is 5.07. The van der Waals surface area contributed by atoms with E-state index in [1.807, 2.05) is 30.3 Å². The van der Waals surface area contributed by atoms with Crippen LogP contribution in [0.25, 0.3) is 0 Å². The number of ketones is 1. The van der Waals surface area contributed by atoms with Crippen LogP contribution in [0, 0.1) is 5.92 Å². The average Bonchev–Trinajstić information content (AvgIpc) is 3.04. The first-order chi connectivity index (χ1) is 11.5. The SMILES string of the molecule is CC(=O)c1ccc2c(c1)[C@H]1C=CC[C@H]1[C@H](c1ccc(Cl)cc1Cl)N2. The highest BCUT2D eigenvalue weighted by atomic mass is 35.5. The molecule has 2 aromatic rings. The van der Waals surface area contributed by atoms with Crippen LogP contribution in [0.1, 0.15) is 46.8 Å². The molecule has 0 fully saturated rings. The molecule has 4 heteroatoms. The first-order valence-electron chi connectivity index (χ1n) is 8.07. The average molecular weight is 358 g/mol. The zero-order valence-corrected chi connectivity index (χ0v) is 14.7. The predicted octanol–water partition coefficient (Wildman–Crippen LogP) is 6.02. The highest BCUT2D eigenvalue weighted by Crippen LogP contribution is 2.51. The van der Waals surface area contributed by atoms with Gasteiger partial charge in [0.1, 0.15) is 0 Å². The summed E-state index contributed by atoms with van der Waals surface area (Å²) >= 11 is 12.5. The van der Waals surface area contributed by atoms with Crippen LogP contribution in [0.4, 0.5) is 5.69 Å². The van der Waals surface area contributed by atoms with E-state index in [-0.39, 0.29) is 11.8 Å². The zero-order chi connectivity index (χ0) is 16.8. The molecule has 122 valence electrons. The van der Waals surface area contributed by atoms with Crippen molar-refractivity contribution >= 4 is 34.7 Å². The van der Waals surface area contributed by atoms with Crippen LogP contribution in [0.3, 0.4) is 0 Å². The number of halogens is 2. The van der Waals surface area contributed by atoms with Crippen LogP contribution in [0.15, 0.2) is 48.6 Å². The summed E-state index contributed by atoms with van der Waals surface area (Å²) < 4.78 is 0. The van der Waals surface area contributed by atoms with E-state index in [4.69, 9.17) is 23.2 Å². The maximum atomic E-state index is 11.7. The zero-order valence-electron chi connectivity index (χ0n) is 13.2. The second-order valence-electron chi connectivity index (χ2n) is 6.50. The Kier molecular flexibility index (Phi) is 3.90. The first kappa shape index (κ1) is 15.7. The molecule has 0 amide bonds. The summed E-state index contributed by atoms with van der Waals surface area (Å²) in [5, 5.41) is 4.97. The summed E-state index contributed by atoms with van der Waals surface area (Å²) in [7, 11) is 0. The van der Waals surface area contributed by atoms with E-state index < -0.39 is 0 Å². The molecule has 1 aliphatic heterocycles. The molecule has 0 unspecified atom stereocenters. The molecule has 0 saturated carbocycles. The fourth-order valence-electron chi connectivity index (χ4n) is 3.87. The number of fused-ring (bicyclic) bond motifs is 3. The largest absolute Gasteiger partial charge is 0.378 e. The summed E-state index contributed by atoms with van der Waals surface area (Å²) in [6, 6.07) is 11.7. The van der Waals surface area contributed by atoms with Crippen LogP contribution >= 0.6 is 23.2 Å². The van der Waals surface area contributed by atoms with Gasteiger partial charge in [-0.3, -0.25) is 4.79 Å². The molecular weight excluding hydrogens is 341 g/mol. The van der Waals surface area contributed by atoms with Gasteiger partial charge >= 0.3 is 0 Å². The number of anilines is 1. The minimum atomic E-state index is 0.0965. The van der Waals surface area contributed by atoms with Crippen molar-refractivity contribution < 1.29 is 4.79 Å². The fraction of sp³-hybridized carbons (Fsp3) is 0.250. The molecule has 1 N–H and O–H groups in total. The number of hydrogen-bond acceptors (Lipinski definition) is 2. The number of Topliss-reactive ketones (excluding diaryl/α,β-unsaturated/α-hetero) is 1. The molecule has 1 heterocycles. The summed E-state index contributed by atoms with van der Waals surface area (Å²) in [6.07, 6.45) is 5.47. The molecule has 0 bridgehead atoms. The highest BCUT2D eigenvalue weighted by Gasteiger charge is 2.38.